The monoisotopic (exact) mass is 286 g/mol. The van der Waals surface area contributed by atoms with Crippen molar-refractivity contribution in [3.63, 3.8) is 0 Å². The van der Waals surface area contributed by atoms with Gasteiger partial charge in [-0.2, -0.15) is 5.10 Å². The van der Waals surface area contributed by atoms with E-state index in [1.165, 1.54) is 12.5 Å². The number of rotatable bonds is 5. The minimum absolute atomic E-state index is 0.0756. The maximum atomic E-state index is 11.2. The van der Waals surface area contributed by atoms with Gasteiger partial charge in [-0.25, -0.2) is 4.68 Å². The number of nitrogens with one attached hydrogen (secondary N) is 2. The summed E-state index contributed by atoms with van der Waals surface area (Å²) in [7, 11) is 0. The van der Waals surface area contributed by atoms with E-state index in [4.69, 9.17) is 0 Å². The van der Waals surface area contributed by atoms with Gasteiger partial charge >= 0.3 is 0 Å². The number of nitrogens with zero attached hydrogens (tertiary/aromatic N) is 2. The van der Waals surface area contributed by atoms with Crippen molar-refractivity contribution in [2.45, 2.75) is 34.2 Å². The summed E-state index contributed by atoms with van der Waals surface area (Å²) in [6, 6.07) is 7.71. The Balaban J connectivity index is 2.36. The molecule has 0 radical (unpaired) electrons. The van der Waals surface area contributed by atoms with Crippen LogP contribution in [-0.2, 0) is 11.3 Å². The molecule has 1 aromatic carbocycles. The molecular formula is C16H22N4O. The lowest BCUT2D eigenvalue weighted by molar-refractivity contribution is -0.114. The van der Waals surface area contributed by atoms with E-state index in [1.54, 1.807) is 0 Å². The topological polar surface area (TPSA) is 59.0 Å². The minimum atomic E-state index is -0.0756. The molecule has 0 aliphatic rings. The molecule has 0 spiro atoms. The van der Waals surface area contributed by atoms with Crippen molar-refractivity contribution in [2.24, 2.45) is 0 Å². The first-order valence-corrected chi connectivity index (χ1v) is 7.16. The van der Waals surface area contributed by atoms with Crippen molar-refractivity contribution in [2.75, 3.05) is 11.9 Å². The van der Waals surface area contributed by atoms with Gasteiger partial charge in [-0.05, 0) is 38.6 Å². The molecule has 1 heterocycles. The summed E-state index contributed by atoms with van der Waals surface area (Å²) in [6.45, 7) is 9.43. The quantitative estimate of drug-likeness (QED) is 0.888. The number of hydrogen-bond donors (Lipinski definition) is 2. The second-order valence-corrected chi connectivity index (χ2v) is 5.07. The summed E-state index contributed by atoms with van der Waals surface area (Å²) < 4.78 is 1.92. The number of carbonyl (C=O) groups is 1. The third kappa shape index (κ3) is 3.49. The average molecular weight is 286 g/mol. The zero-order chi connectivity index (χ0) is 15.4. The predicted molar refractivity (Wildman–Crippen MR) is 84.7 cm³/mol. The SMILES string of the molecule is CCNCc1c(C)nn(-c2cccc(NC(C)=O)c2)c1C. The van der Waals surface area contributed by atoms with E-state index in [0.29, 0.717) is 0 Å². The van der Waals surface area contributed by atoms with E-state index < -0.39 is 0 Å². The molecule has 1 amide bonds. The van der Waals surface area contributed by atoms with Crippen LogP contribution in [0.1, 0.15) is 30.8 Å². The van der Waals surface area contributed by atoms with Crippen LogP contribution in [0.25, 0.3) is 5.69 Å². The van der Waals surface area contributed by atoms with Crippen molar-refractivity contribution in [1.82, 2.24) is 15.1 Å². The predicted octanol–water partition coefficient (Wildman–Crippen LogP) is 2.56. The van der Waals surface area contributed by atoms with Gasteiger partial charge in [-0.1, -0.05) is 13.0 Å². The van der Waals surface area contributed by atoms with Crippen LogP contribution in [0.4, 0.5) is 5.69 Å². The molecule has 0 bridgehead atoms. The second kappa shape index (κ2) is 6.54. The number of aromatic nitrogens is 2. The number of anilines is 1. The average Bonchev–Trinajstić information content (AvgIpc) is 2.71. The van der Waals surface area contributed by atoms with E-state index >= 15 is 0 Å². The van der Waals surface area contributed by atoms with Crippen LogP contribution in [0.2, 0.25) is 0 Å². The molecule has 5 nitrogen and oxygen atoms in total. The first-order valence-electron chi connectivity index (χ1n) is 7.16. The van der Waals surface area contributed by atoms with Gasteiger partial charge in [0.25, 0.3) is 0 Å². The van der Waals surface area contributed by atoms with Crippen LogP contribution < -0.4 is 10.6 Å². The molecule has 2 rings (SSSR count). The standard InChI is InChI=1S/C16H22N4O/c1-5-17-10-16-11(2)19-20(12(16)3)15-8-6-7-14(9-15)18-13(4)21/h6-9,17H,5,10H2,1-4H3,(H,18,21). The molecule has 112 valence electrons. The molecule has 2 aromatic rings. The number of amides is 1. The maximum absolute atomic E-state index is 11.2. The van der Waals surface area contributed by atoms with Crippen molar-refractivity contribution >= 4 is 11.6 Å². The van der Waals surface area contributed by atoms with Gasteiger partial charge in [0.2, 0.25) is 5.91 Å². The first-order chi connectivity index (χ1) is 10.0. The second-order valence-electron chi connectivity index (χ2n) is 5.07. The zero-order valence-electron chi connectivity index (χ0n) is 13.0. The Morgan fingerprint density at radius 1 is 1.33 bits per heavy atom. The molecule has 0 saturated carbocycles. The molecule has 0 unspecified atom stereocenters. The number of carbonyl (C=O) groups excluding carboxylic acids is 1. The van der Waals surface area contributed by atoms with Gasteiger partial charge in [0, 0.05) is 30.4 Å². The third-order valence-electron chi connectivity index (χ3n) is 3.40. The summed E-state index contributed by atoms with van der Waals surface area (Å²) in [4.78, 5) is 11.2. The Kier molecular flexibility index (Phi) is 4.75. The van der Waals surface area contributed by atoms with Gasteiger partial charge in [-0.15, -0.1) is 0 Å². The van der Waals surface area contributed by atoms with Crippen LogP contribution in [0.5, 0.6) is 0 Å². The van der Waals surface area contributed by atoms with Crippen molar-refractivity contribution in [1.29, 1.82) is 0 Å². The summed E-state index contributed by atoms with van der Waals surface area (Å²) in [5.74, 6) is -0.0756. The Labute approximate surface area is 125 Å². The Morgan fingerprint density at radius 2 is 2.10 bits per heavy atom. The Bertz CT molecular complexity index is 646. The zero-order valence-corrected chi connectivity index (χ0v) is 13.0. The molecule has 1 aromatic heterocycles. The Morgan fingerprint density at radius 3 is 2.76 bits per heavy atom. The van der Waals surface area contributed by atoms with Crippen molar-refractivity contribution in [3.8, 4) is 5.69 Å². The van der Waals surface area contributed by atoms with E-state index in [2.05, 4.69) is 29.6 Å². The molecule has 5 heteroatoms. The summed E-state index contributed by atoms with van der Waals surface area (Å²) in [6.07, 6.45) is 0. The molecule has 0 fully saturated rings. The first kappa shape index (κ1) is 15.3. The van der Waals surface area contributed by atoms with Crippen LogP contribution >= 0.6 is 0 Å². The van der Waals surface area contributed by atoms with Gasteiger partial charge in [-0.3, -0.25) is 4.79 Å². The number of hydrogen-bond acceptors (Lipinski definition) is 3. The maximum Gasteiger partial charge on any atom is 0.221 e. The fraction of sp³-hybridized carbons (Fsp3) is 0.375. The van der Waals surface area contributed by atoms with Gasteiger partial charge in [0.05, 0.1) is 11.4 Å². The normalized spacial score (nSPS) is 10.7. The lowest BCUT2D eigenvalue weighted by Gasteiger charge is -2.08. The largest absolute Gasteiger partial charge is 0.326 e. The fourth-order valence-corrected chi connectivity index (χ4v) is 2.35. The molecule has 0 aliphatic carbocycles. The molecule has 21 heavy (non-hydrogen) atoms. The van der Waals surface area contributed by atoms with Gasteiger partial charge in [0.1, 0.15) is 0 Å². The lowest BCUT2D eigenvalue weighted by atomic mass is 10.2. The van der Waals surface area contributed by atoms with Crippen LogP contribution in [0, 0.1) is 13.8 Å². The molecule has 2 N–H and O–H groups in total. The van der Waals surface area contributed by atoms with Crippen molar-refractivity contribution in [3.05, 3.63) is 41.2 Å². The number of benzene rings is 1. The highest BCUT2D eigenvalue weighted by Crippen LogP contribution is 2.20. The third-order valence-corrected chi connectivity index (χ3v) is 3.40. The molecule has 0 saturated heterocycles. The van der Waals surface area contributed by atoms with E-state index in [0.717, 1.165) is 35.9 Å². The van der Waals surface area contributed by atoms with Gasteiger partial charge < -0.3 is 10.6 Å². The van der Waals surface area contributed by atoms with Crippen LogP contribution in [0.3, 0.4) is 0 Å². The van der Waals surface area contributed by atoms with E-state index in [9.17, 15) is 4.79 Å². The van der Waals surface area contributed by atoms with E-state index in [1.807, 2.05) is 35.9 Å². The summed E-state index contributed by atoms with van der Waals surface area (Å²) in [5.41, 5.74) is 5.10. The van der Waals surface area contributed by atoms with Crippen LogP contribution in [-0.4, -0.2) is 22.2 Å². The van der Waals surface area contributed by atoms with Crippen molar-refractivity contribution < 1.29 is 4.79 Å². The smallest absolute Gasteiger partial charge is 0.221 e. The van der Waals surface area contributed by atoms with E-state index in [-0.39, 0.29) is 5.91 Å². The highest BCUT2D eigenvalue weighted by Gasteiger charge is 2.12. The minimum Gasteiger partial charge on any atom is -0.326 e. The summed E-state index contributed by atoms with van der Waals surface area (Å²) in [5, 5.41) is 10.8. The Hall–Kier alpha value is -2.14. The summed E-state index contributed by atoms with van der Waals surface area (Å²) >= 11 is 0. The fourth-order valence-electron chi connectivity index (χ4n) is 2.35. The lowest BCUT2D eigenvalue weighted by Crippen LogP contribution is -2.13. The highest BCUT2D eigenvalue weighted by atomic mass is 16.1. The number of aryl methyl sites for hydroxylation is 1. The molecule has 0 atom stereocenters. The molecule has 0 aliphatic heterocycles. The molecular weight excluding hydrogens is 264 g/mol. The highest BCUT2D eigenvalue weighted by molar-refractivity contribution is 5.88. The van der Waals surface area contributed by atoms with Gasteiger partial charge in [0.15, 0.2) is 0 Å². The van der Waals surface area contributed by atoms with Crippen LogP contribution in [0.15, 0.2) is 24.3 Å².